The van der Waals surface area contributed by atoms with E-state index in [1.54, 1.807) is 12.1 Å². The molecule has 0 bridgehead atoms. The van der Waals surface area contributed by atoms with Crippen molar-refractivity contribution in [1.82, 2.24) is 15.6 Å². The van der Waals surface area contributed by atoms with Crippen LogP contribution in [0.1, 0.15) is 19.4 Å². The van der Waals surface area contributed by atoms with E-state index in [1.165, 1.54) is 0 Å². The first-order chi connectivity index (χ1) is 9.04. The lowest BCUT2D eigenvalue weighted by atomic mass is 10.1. The van der Waals surface area contributed by atoms with Crippen molar-refractivity contribution in [3.63, 3.8) is 0 Å². The molecular weight excluding hydrogens is 246 g/mol. The number of urea groups is 1. The summed E-state index contributed by atoms with van der Waals surface area (Å²) in [6.45, 7) is 4.33. The number of hydrogen-bond acceptors (Lipinski definition) is 3. The molecule has 0 aliphatic carbocycles. The molecule has 0 saturated carbocycles. The van der Waals surface area contributed by atoms with Gasteiger partial charge < -0.3 is 15.1 Å². The van der Waals surface area contributed by atoms with E-state index in [-0.39, 0.29) is 12.1 Å². The number of benzene rings is 1. The highest BCUT2D eigenvalue weighted by Gasteiger charge is 2.04. The zero-order valence-corrected chi connectivity index (χ0v) is 10.9. The molecule has 2 rings (SSSR count). The van der Waals surface area contributed by atoms with Crippen LogP contribution in [0.25, 0.3) is 11.1 Å². The minimum Gasteiger partial charge on any atom is -0.408 e. The van der Waals surface area contributed by atoms with E-state index in [0.717, 1.165) is 5.56 Å². The number of carbonyl (C=O) groups is 1. The Balaban J connectivity index is 1.91. The number of fused-ring (bicyclic) bond motifs is 1. The Bertz CT molecular complexity index is 627. The largest absolute Gasteiger partial charge is 0.417 e. The summed E-state index contributed by atoms with van der Waals surface area (Å²) in [4.78, 5) is 25.0. The van der Waals surface area contributed by atoms with Gasteiger partial charge in [-0.1, -0.05) is 6.07 Å². The van der Waals surface area contributed by atoms with Gasteiger partial charge in [0.15, 0.2) is 5.58 Å². The van der Waals surface area contributed by atoms with E-state index >= 15 is 0 Å². The van der Waals surface area contributed by atoms with Crippen LogP contribution in [0.2, 0.25) is 0 Å². The second kappa shape index (κ2) is 5.60. The standard InChI is InChI=1S/C13H17N3O3/c1-8(2)15-12(17)14-6-5-9-3-4-10-11(7-9)19-13(18)16-10/h3-4,7-8H,5-6H2,1-2H3,(H,16,18)(H2,14,15,17). The molecule has 6 nitrogen and oxygen atoms in total. The fraction of sp³-hybridized carbons (Fsp3) is 0.385. The van der Waals surface area contributed by atoms with Gasteiger partial charge in [-0.25, -0.2) is 9.59 Å². The third-order valence-corrected chi connectivity index (χ3v) is 2.60. The Kier molecular flexibility index (Phi) is 3.89. The second-order valence-electron chi connectivity index (χ2n) is 4.65. The average Bonchev–Trinajstić information content (AvgIpc) is 2.67. The van der Waals surface area contributed by atoms with E-state index in [2.05, 4.69) is 15.6 Å². The number of nitrogens with one attached hydrogen (secondary N) is 3. The van der Waals surface area contributed by atoms with Crippen molar-refractivity contribution in [1.29, 1.82) is 0 Å². The molecule has 6 heteroatoms. The van der Waals surface area contributed by atoms with Crippen LogP contribution < -0.4 is 16.4 Å². The van der Waals surface area contributed by atoms with Crippen molar-refractivity contribution >= 4 is 17.1 Å². The fourth-order valence-electron chi connectivity index (χ4n) is 1.78. The molecule has 1 aromatic heterocycles. The molecule has 0 unspecified atom stereocenters. The van der Waals surface area contributed by atoms with Gasteiger partial charge in [0, 0.05) is 12.6 Å². The lowest BCUT2D eigenvalue weighted by molar-refractivity contribution is 0.238. The molecule has 3 N–H and O–H groups in total. The fourth-order valence-corrected chi connectivity index (χ4v) is 1.78. The zero-order chi connectivity index (χ0) is 13.8. The Morgan fingerprint density at radius 1 is 1.42 bits per heavy atom. The monoisotopic (exact) mass is 263 g/mol. The topological polar surface area (TPSA) is 87.1 Å². The predicted molar refractivity (Wildman–Crippen MR) is 72.2 cm³/mol. The molecule has 0 fully saturated rings. The summed E-state index contributed by atoms with van der Waals surface area (Å²) in [5, 5.41) is 5.51. The van der Waals surface area contributed by atoms with Crippen molar-refractivity contribution in [2.45, 2.75) is 26.3 Å². The molecule has 0 saturated heterocycles. The quantitative estimate of drug-likeness (QED) is 0.778. The second-order valence-corrected chi connectivity index (χ2v) is 4.65. The molecule has 1 heterocycles. The molecule has 19 heavy (non-hydrogen) atoms. The summed E-state index contributed by atoms with van der Waals surface area (Å²) in [5.74, 6) is -0.457. The molecule has 1 aromatic carbocycles. The summed E-state index contributed by atoms with van der Waals surface area (Å²) < 4.78 is 4.98. The van der Waals surface area contributed by atoms with Gasteiger partial charge in [0.2, 0.25) is 0 Å². The van der Waals surface area contributed by atoms with Crippen molar-refractivity contribution in [2.75, 3.05) is 6.54 Å². The highest BCUT2D eigenvalue weighted by Crippen LogP contribution is 2.12. The first-order valence-electron chi connectivity index (χ1n) is 6.21. The summed E-state index contributed by atoms with van der Waals surface area (Å²) in [7, 11) is 0. The zero-order valence-electron chi connectivity index (χ0n) is 10.9. The molecule has 0 aliphatic heterocycles. The van der Waals surface area contributed by atoms with E-state index in [1.807, 2.05) is 19.9 Å². The van der Waals surface area contributed by atoms with Crippen LogP contribution in [-0.4, -0.2) is 23.6 Å². The van der Waals surface area contributed by atoms with Crippen LogP contribution in [0, 0.1) is 0 Å². The van der Waals surface area contributed by atoms with Crippen LogP contribution in [0.15, 0.2) is 27.4 Å². The minimum atomic E-state index is -0.457. The number of aromatic nitrogens is 1. The summed E-state index contributed by atoms with van der Waals surface area (Å²) in [6, 6.07) is 5.43. The van der Waals surface area contributed by atoms with Gasteiger partial charge >= 0.3 is 11.8 Å². The lowest BCUT2D eigenvalue weighted by Gasteiger charge is -2.09. The molecule has 0 spiro atoms. The maximum atomic E-state index is 11.4. The van der Waals surface area contributed by atoms with Crippen LogP contribution in [0.4, 0.5) is 4.79 Å². The number of rotatable bonds is 4. The highest BCUT2D eigenvalue weighted by molar-refractivity contribution is 5.74. The average molecular weight is 263 g/mol. The summed E-state index contributed by atoms with van der Waals surface area (Å²) in [5.41, 5.74) is 2.22. The van der Waals surface area contributed by atoms with Crippen molar-refractivity contribution < 1.29 is 9.21 Å². The maximum absolute atomic E-state index is 11.4. The van der Waals surface area contributed by atoms with Crippen LogP contribution >= 0.6 is 0 Å². The first-order valence-corrected chi connectivity index (χ1v) is 6.21. The van der Waals surface area contributed by atoms with Crippen molar-refractivity contribution in [2.24, 2.45) is 0 Å². The van der Waals surface area contributed by atoms with Gasteiger partial charge in [-0.3, -0.25) is 4.98 Å². The molecule has 0 radical (unpaired) electrons. The van der Waals surface area contributed by atoms with E-state index in [9.17, 15) is 9.59 Å². The van der Waals surface area contributed by atoms with Gasteiger partial charge in [-0.15, -0.1) is 0 Å². The number of oxazole rings is 1. The van der Waals surface area contributed by atoms with Crippen LogP contribution in [-0.2, 0) is 6.42 Å². The maximum Gasteiger partial charge on any atom is 0.417 e. The number of hydrogen-bond donors (Lipinski definition) is 3. The van der Waals surface area contributed by atoms with Gasteiger partial charge in [0.1, 0.15) is 0 Å². The van der Waals surface area contributed by atoms with E-state index < -0.39 is 5.76 Å². The molecule has 0 aliphatic rings. The summed E-state index contributed by atoms with van der Waals surface area (Å²) in [6.07, 6.45) is 0.677. The molecule has 102 valence electrons. The van der Waals surface area contributed by atoms with Crippen molar-refractivity contribution in [3.8, 4) is 0 Å². The Morgan fingerprint density at radius 2 is 2.21 bits per heavy atom. The Hall–Kier alpha value is -2.24. The van der Waals surface area contributed by atoms with Gasteiger partial charge in [0.25, 0.3) is 0 Å². The molecule has 2 amide bonds. The highest BCUT2D eigenvalue weighted by atomic mass is 16.4. The molecular formula is C13H17N3O3. The van der Waals surface area contributed by atoms with E-state index in [0.29, 0.717) is 24.1 Å². The SMILES string of the molecule is CC(C)NC(=O)NCCc1ccc2[nH]c(=O)oc2c1. The number of H-pyrrole nitrogens is 1. The smallest absolute Gasteiger partial charge is 0.408 e. The third kappa shape index (κ3) is 3.61. The lowest BCUT2D eigenvalue weighted by Crippen LogP contribution is -2.40. The normalized spacial score (nSPS) is 10.9. The number of aromatic amines is 1. The molecule has 0 atom stereocenters. The van der Waals surface area contributed by atoms with Crippen LogP contribution in [0.3, 0.4) is 0 Å². The predicted octanol–water partition coefficient (Wildman–Crippen LogP) is 1.37. The molecule has 2 aromatic rings. The van der Waals surface area contributed by atoms with Gasteiger partial charge in [-0.2, -0.15) is 0 Å². The van der Waals surface area contributed by atoms with Crippen molar-refractivity contribution in [3.05, 3.63) is 34.3 Å². The van der Waals surface area contributed by atoms with E-state index in [4.69, 9.17) is 4.42 Å². The van der Waals surface area contributed by atoms with Crippen LogP contribution in [0.5, 0.6) is 0 Å². The Labute approximate surface area is 110 Å². The Morgan fingerprint density at radius 3 is 2.95 bits per heavy atom. The van der Waals surface area contributed by atoms with Gasteiger partial charge in [0.05, 0.1) is 5.52 Å². The minimum absolute atomic E-state index is 0.116. The van der Waals surface area contributed by atoms with Gasteiger partial charge in [-0.05, 0) is 38.0 Å². The summed E-state index contributed by atoms with van der Waals surface area (Å²) >= 11 is 0. The third-order valence-electron chi connectivity index (χ3n) is 2.60. The number of carbonyl (C=O) groups excluding carboxylic acids is 1. The number of amides is 2. The first kappa shape index (κ1) is 13.2.